The van der Waals surface area contributed by atoms with Crippen molar-refractivity contribution in [1.82, 2.24) is 45.3 Å². The number of cyclic esters (lactones) is 1. The van der Waals surface area contributed by atoms with Gasteiger partial charge in [0.2, 0.25) is 47.3 Å². The summed E-state index contributed by atoms with van der Waals surface area (Å²) in [5.41, 5.74) is 0. The van der Waals surface area contributed by atoms with Gasteiger partial charge in [-0.05, 0) is 68.1 Å². The van der Waals surface area contributed by atoms with Crippen molar-refractivity contribution in [3.05, 3.63) is 0 Å². The van der Waals surface area contributed by atoms with Crippen LogP contribution in [0.5, 0.6) is 0 Å². The summed E-state index contributed by atoms with van der Waals surface area (Å²) < 4.78 is 5.75. The zero-order chi connectivity index (χ0) is 60.8. The molecule has 0 spiro atoms. The Morgan fingerprint density at radius 1 is 0.532 bits per heavy atom. The predicted octanol–water partition coefficient (Wildman–Crippen LogP) is 1.96. The van der Waals surface area contributed by atoms with Crippen molar-refractivity contribution in [2.24, 2.45) is 35.5 Å². The number of carbonyl (C=O) groups excluding carboxylic acids is 10. The highest BCUT2D eigenvalue weighted by Crippen LogP contribution is 2.27. The maximum absolute atomic E-state index is 15.0. The maximum atomic E-state index is 15.0. The van der Waals surface area contributed by atoms with Crippen molar-refractivity contribution in [3.63, 3.8) is 0 Å². The van der Waals surface area contributed by atoms with Crippen LogP contribution >= 0.6 is 0 Å². The summed E-state index contributed by atoms with van der Waals surface area (Å²) in [6.45, 7) is 21.6. The smallest absolute Gasteiger partial charge is 0.329 e. The molecular weight excluding hydrogens is 1030 g/mol. The number of carboxylic acid groups (broad SMARTS) is 2. The van der Waals surface area contributed by atoms with Crippen LogP contribution in [0.4, 0.5) is 0 Å². The number of hydrogen-bond acceptors (Lipinski definition) is 13. The number of hydrogen-bond donors (Lipinski definition) is 5. The number of fused-ring (bicyclic) bond motifs is 1. The third kappa shape index (κ3) is 17.6. The lowest BCUT2D eigenvalue weighted by atomic mass is 9.92. The number of esters is 1. The van der Waals surface area contributed by atoms with Crippen LogP contribution in [0, 0.1) is 35.5 Å². The molecule has 2 aliphatic heterocycles. The molecule has 0 unspecified atom stereocenters. The minimum absolute atomic E-state index is 0.0213. The van der Waals surface area contributed by atoms with E-state index in [1.807, 2.05) is 0 Å². The zero-order valence-corrected chi connectivity index (χ0v) is 50.0. The number of piperidine rings is 1. The number of carboxylic acids is 2. The molecule has 12 atom stereocenters. The molecule has 79 heavy (non-hydrogen) atoms. The summed E-state index contributed by atoms with van der Waals surface area (Å²) in [6.07, 6.45) is -1.55. The standard InChI is InChI=1S/C55H93N9O15/c1-19-32(11)44-48(71)56-35(26-39(65)66)50(73)60(15)42(30(7)8)46(69)57-36(25-28(3)4)55(78)79-34(13)49(72)64-24-22-21-23-37(64)51(74)61(16)43(31(9)10)47(70)58-41(29(5)6)53(76)59(14)38(27-40(67)68)52(75)63(18)45(33(12)20-2)54(77)62(44)17/h28-38,41-45H,19-27H2,1-18H3,(H,56,71)(H,57,69)(H,58,70)(H,65,66)(H,67,68)/t32-,33-,34+,35+,36+,37-,38+,41-,42-,43+,44-,45-/m0/s1. The lowest BCUT2D eigenvalue weighted by Gasteiger charge is -2.41. The average Bonchev–Trinajstić information content (AvgIpc) is 3.36. The van der Waals surface area contributed by atoms with Crippen LogP contribution in [0.25, 0.3) is 0 Å². The summed E-state index contributed by atoms with van der Waals surface area (Å²) >= 11 is 0. The molecule has 0 aromatic carbocycles. The van der Waals surface area contributed by atoms with E-state index in [0.29, 0.717) is 12.8 Å². The summed E-state index contributed by atoms with van der Waals surface area (Å²) in [5.74, 6) is -14.9. The molecule has 9 amide bonds. The maximum Gasteiger partial charge on any atom is 0.329 e. The topological polar surface area (TPSA) is 310 Å². The molecule has 24 nitrogen and oxygen atoms in total. The van der Waals surface area contributed by atoms with Crippen molar-refractivity contribution >= 4 is 71.1 Å². The van der Waals surface area contributed by atoms with E-state index in [4.69, 9.17) is 4.74 Å². The Labute approximate surface area is 466 Å². The minimum atomic E-state index is -1.80. The summed E-state index contributed by atoms with van der Waals surface area (Å²) in [6, 6.07) is -12.8. The van der Waals surface area contributed by atoms with E-state index in [2.05, 4.69) is 16.0 Å². The van der Waals surface area contributed by atoms with Gasteiger partial charge in [0.15, 0.2) is 6.10 Å². The first-order valence-corrected chi connectivity index (χ1v) is 27.8. The van der Waals surface area contributed by atoms with Gasteiger partial charge in [-0.3, -0.25) is 52.7 Å². The van der Waals surface area contributed by atoms with E-state index >= 15 is 0 Å². The molecule has 448 valence electrons. The minimum Gasteiger partial charge on any atom is -0.481 e. The second-order valence-electron chi connectivity index (χ2n) is 23.1. The highest BCUT2D eigenvalue weighted by atomic mass is 16.5. The molecule has 0 radical (unpaired) electrons. The molecule has 2 fully saturated rings. The van der Waals surface area contributed by atoms with Crippen LogP contribution in [-0.2, 0) is 62.3 Å². The van der Waals surface area contributed by atoms with Gasteiger partial charge in [0, 0.05) is 41.8 Å². The Hall–Kier alpha value is -6.36. The van der Waals surface area contributed by atoms with Gasteiger partial charge in [0.1, 0.15) is 54.4 Å². The van der Waals surface area contributed by atoms with E-state index in [1.54, 1.807) is 83.1 Å². The first-order chi connectivity index (χ1) is 36.6. The van der Waals surface area contributed by atoms with Crippen LogP contribution in [-0.4, -0.2) is 213 Å². The third-order valence-corrected chi connectivity index (χ3v) is 15.5. The fourth-order valence-electron chi connectivity index (χ4n) is 10.6. The first-order valence-electron chi connectivity index (χ1n) is 27.8. The normalized spacial score (nSPS) is 28.0. The highest BCUT2D eigenvalue weighted by Gasteiger charge is 2.46. The summed E-state index contributed by atoms with van der Waals surface area (Å²) in [5, 5.41) is 28.2. The monoisotopic (exact) mass is 1120 g/mol. The summed E-state index contributed by atoms with van der Waals surface area (Å²) in [7, 11) is 6.43. The van der Waals surface area contributed by atoms with E-state index in [0.717, 1.165) is 19.6 Å². The molecule has 5 N–H and O–H groups in total. The fraction of sp³-hybridized carbons (Fsp3) is 0.782. The van der Waals surface area contributed by atoms with Gasteiger partial charge in [-0.15, -0.1) is 0 Å². The SMILES string of the molecule is CC[C@H](C)[C@H]1C(=O)N(C)[C@@H]([C@@H](C)CC)C(=O)N[C@H](CC(=O)O)C(=O)N(C)[C@@H](C(C)C)C(=O)N[C@H](CC(C)C)C(=O)O[C@H](C)C(=O)N2CCCC[C@H]2C(=O)N(C)[C@H](C(C)C)C(=O)N[C@@H](C(C)C)C(=O)N(C)[C@H](CC(=O)O)C(=O)N1C. The van der Waals surface area contributed by atoms with E-state index in [1.165, 1.54) is 52.0 Å². The molecule has 0 aliphatic carbocycles. The van der Waals surface area contributed by atoms with Crippen molar-refractivity contribution < 1.29 is 72.5 Å². The number of likely N-dealkylation sites (N-methyl/N-ethyl adjacent to an activating group) is 5. The third-order valence-electron chi connectivity index (χ3n) is 15.5. The number of rotatable bonds is 13. The Kier molecular flexibility index (Phi) is 26.4. The van der Waals surface area contributed by atoms with E-state index in [-0.39, 0.29) is 38.1 Å². The lowest BCUT2D eigenvalue weighted by Crippen LogP contribution is -2.63. The highest BCUT2D eigenvalue weighted by molar-refractivity contribution is 6.00. The van der Waals surface area contributed by atoms with Crippen molar-refractivity contribution in [3.8, 4) is 0 Å². The Morgan fingerprint density at radius 3 is 1.47 bits per heavy atom. The fourth-order valence-corrected chi connectivity index (χ4v) is 10.6. The second-order valence-corrected chi connectivity index (χ2v) is 23.1. The van der Waals surface area contributed by atoms with Crippen LogP contribution in [0.3, 0.4) is 0 Å². The quantitative estimate of drug-likeness (QED) is 0.165. The Balaban J connectivity index is 3.01. The van der Waals surface area contributed by atoms with Gasteiger partial charge in [-0.1, -0.05) is 95.9 Å². The number of nitrogens with zero attached hydrogens (tertiary/aromatic N) is 6. The second kappa shape index (κ2) is 30.3. The van der Waals surface area contributed by atoms with Crippen molar-refractivity contribution in [2.75, 3.05) is 41.8 Å². The molecule has 0 aromatic rings. The van der Waals surface area contributed by atoms with Crippen LogP contribution in [0.2, 0.25) is 0 Å². The van der Waals surface area contributed by atoms with Gasteiger partial charge in [-0.2, -0.15) is 0 Å². The number of aliphatic carboxylic acids is 2. The molecule has 2 heterocycles. The number of ether oxygens (including phenoxy) is 1. The predicted molar refractivity (Wildman–Crippen MR) is 291 cm³/mol. The molecule has 2 rings (SSSR count). The zero-order valence-electron chi connectivity index (χ0n) is 50.0. The number of carbonyl (C=O) groups is 12. The average molecular weight is 1120 g/mol. The molecule has 0 aromatic heterocycles. The van der Waals surface area contributed by atoms with Crippen LogP contribution in [0.1, 0.15) is 141 Å². The summed E-state index contributed by atoms with van der Waals surface area (Å²) in [4.78, 5) is 177. The van der Waals surface area contributed by atoms with Crippen LogP contribution < -0.4 is 16.0 Å². The van der Waals surface area contributed by atoms with Gasteiger partial charge in [-0.25, -0.2) is 4.79 Å². The lowest BCUT2D eigenvalue weighted by molar-refractivity contribution is -0.165. The van der Waals surface area contributed by atoms with Gasteiger partial charge < -0.3 is 60.3 Å². The Morgan fingerprint density at radius 2 is 0.987 bits per heavy atom. The van der Waals surface area contributed by atoms with E-state index < -0.39 is 174 Å². The molecule has 2 aliphatic rings. The number of amides is 9. The van der Waals surface area contributed by atoms with E-state index in [9.17, 15) is 67.7 Å². The Bertz CT molecular complexity index is 2220. The molecule has 0 bridgehead atoms. The van der Waals surface area contributed by atoms with Crippen molar-refractivity contribution in [1.29, 1.82) is 0 Å². The number of nitrogens with one attached hydrogen (secondary N) is 3. The van der Waals surface area contributed by atoms with Gasteiger partial charge in [0.05, 0.1) is 12.8 Å². The van der Waals surface area contributed by atoms with Gasteiger partial charge in [0.25, 0.3) is 5.91 Å². The van der Waals surface area contributed by atoms with Crippen LogP contribution in [0.15, 0.2) is 0 Å². The molecular formula is C55H93N9O15. The molecule has 0 saturated carbocycles. The molecule has 24 heteroatoms. The largest absolute Gasteiger partial charge is 0.481 e. The van der Waals surface area contributed by atoms with Crippen molar-refractivity contribution in [2.45, 2.75) is 202 Å². The van der Waals surface area contributed by atoms with Gasteiger partial charge >= 0.3 is 17.9 Å². The molecule has 2 saturated heterocycles. The first kappa shape index (κ1) is 68.7.